The van der Waals surface area contributed by atoms with Crippen molar-refractivity contribution >= 4 is 28.8 Å². The van der Waals surface area contributed by atoms with Gasteiger partial charge in [0.2, 0.25) is 0 Å². The van der Waals surface area contributed by atoms with Crippen LogP contribution in [-0.2, 0) is 4.74 Å². The minimum absolute atomic E-state index is 0.122. The molecule has 1 fully saturated rings. The fourth-order valence-electron chi connectivity index (χ4n) is 3.28. The summed E-state index contributed by atoms with van der Waals surface area (Å²) in [6.07, 6.45) is 1.77. The van der Waals surface area contributed by atoms with E-state index in [2.05, 4.69) is 25.7 Å². The Kier molecular flexibility index (Phi) is 5.90. The molecule has 0 bridgehead atoms. The fraction of sp³-hybridized carbons (Fsp3) is 0.261. The van der Waals surface area contributed by atoms with Crippen molar-refractivity contribution in [3.8, 4) is 0 Å². The van der Waals surface area contributed by atoms with Crippen LogP contribution in [0.25, 0.3) is 0 Å². The first-order valence-electron chi connectivity index (χ1n) is 9.99. The topological polar surface area (TPSA) is 79.4 Å². The second-order valence-electron chi connectivity index (χ2n) is 7.35. The first kappa shape index (κ1) is 19.8. The van der Waals surface area contributed by atoms with Gasteiger partial charge in [-0.05, 0) is 61.4 Å². The van der Waals surface area contributed by atoms with E-state index < -0.39 is 0 Å². The molecule has 0 atom stereocenters. The number of morpholine rings is 1. The fourth-order valence-corrected chi connectivity index (χ4v) is 3.28. The van der Waals surface area contributed by atoms with Gasteiger partial charge in [-0.1, -0.05) is 6.07 Å². The number of aromatic nitrogens is 2. The van der Waals surface area contributed by atoms with Gasteiger partial charge in [0.05, 0.1) is 25.1 Å². The van der Waals surface area contributed by atoms with Gasteiger partial charge in [-0.3, -0.25) is 4.79 Å². The predicted octanol–water partition coefficient (Wildman–Crippen LogP) is 3.93. The lowest BCUT2D eigenvalue weighted by Crippen LogP contribution is -2.36. The molecule has 0 unspecified atom stereocenters. The van der Waals surface area contributed by atoms with E-state index >= 15 is 0 Å². The maximum Gasteiger partial charge on any atom is 0.255 e. The second kappa shape index (κ2) is 8.92. The Morgan fingerprint density at radius 2 is 1.70 bits per heavy atom. The van der Waals surface area contributed by atoms with Gasteiger partial charge in [0.1, 0.15) is 0 Å². The number of anilines is 4. The van der Waals surface area contributed by atoms with Crippen molar-refractivity contribution in [3.63, 3.8) is 0 Å². The molecule has 7 heteroatoms. The smallest absolute Gasteiger partial charge is 0.255 e. The Hall–Kier alpha value is -3.45. The Balaban J connectivity index is 1.40. The highest BCUT2D eigenvalue weighted by Gasteiger charge is 2.12. The van der Waals surface area contributed by atoms with Crippen molar-refractivity contribution in [2.45, 2.75) is 13.8 Å². The number of carbonyl (C=O) groups excluding carboxylic acids is 1. The van der Waals surface area contributed by atoms with Crippen molar-refractivity contribution in [1.82, 2.24) is 10.2 Å². The van der Waals surface area contributed by atoms with Crippen LogP contribution in [-0.4, -0.2) is 42.4 Å². The van der Waals surface area contributed by atoms with Gasteiger partial charge in [0.25, 0.3) is 5.91 Å². The number of nitrogens with one attached hydrogen (secondary N) is 2. The van der Waals surface area contributed by atoms with Crippen molar-refractivity contribution in [3.05, 3.63) is 71.4 Å². The van der Waals surface area contributed by atoms with E-state index in [4.69, 9.17) is 4.74 Å². The Morgan fingerprint density at radius 3 is 2.43 bits per heavy atom. The van der Waals surface area contributed by atoms with Gasteiger partial charge in [-0.15, -0.1) is 5.10 Å². The summed E-state index contributed by atoms with van der Waals surface area (Å²) >= 11 is 0. The van der Waals surface area contributed by atoms with Crippen LogP contribution >= 0.6 is 0 Å². The highest BCUT2D eigenvalue weighted by Crippen LogP contribution is 2.22. The molecular weight excluding hydrogens is 378 g/mol. The van der Waals surface area contributed by atoms with E-state index in [1.807, 2.05) is 62.4 Å². The monoisotopic (exact) mass is 403 g/mol. The second-order valence-corrected chi connectivity index (χ2v) is 7.35. The molecule has 2 heterocycles. The number of nitrogens with zero attached hydrogens (tertiary/aromatic N) is 3. The molecule has 0 saturated carbocycles. The molecule has 0 radical (unpaired) electrons. The Labute approximate surface area is 176 Å². The molecule has 1 aliphatic rings. The normalized spacial score (nSPS) is 13.7. The summed E-state index contributed by atoms with van der Waals surface area (Å²) in [5.74, 6) is 0.550. The Bertz CT molecular complexity index is 1030. The van der Waals surface area contributed by atoms with Crippen molar-refractivity contribution in [2.24, 2.45) is 0 Å². The number of ether oxygens (including phenoxy) is 1. The minimum atomic E-state index is -0.122. The summed E-state index contributed by atoms with van der Waals surface area (Å²) in [5.41, 5.74) is 5.54. The average molecular weight is 403 g/mol. The largest absolute Gasteiger partial charge is 0.378 e. The molecule has 7 nitrogen and oxygen atoms in total. The van der Waals surface area contributed by atoms with Crippen LogP contribution in [0.5, 0.6) is 0 Å². The van der Waals surface area contributed by atoms with E-state index in [-0.39, 0.29) is 5.91 Å². The third kappa shape index (κ3) is 4.75. The third-order valence-electron chi connectivity index (χ3n) is 5.20. The zero-order valence-electron chi connectivity index (χ0n) is 17.2. The summed E-state index contributed by atoms with van der Waals surface area (Å²) in [4.78, 5) is 14.7. The first-order valence-corrected chi connectivity index (χ1v) is 9.99. The lowest BCUT2D eigenvalue weighted by atomic mass is 10.1. The van der Waals surface area contributed by atoms with Gasteiger partial charge < -0.3 is 20.3 Å². The molecule has 1 aromatic heterocycles. The van der Waals surface area contributed by atoms with Crippen LogP contribution in [0.4, 0.5) is 22.9 Å². The van der Waals surface area contributed by atoms with Crippen LogP contribution in [0, 0.1) is 13.8 Å². The minimum Gasteiger partial charge on any atom is -0.378 e. The van der Waals surface area contributed by atoms with Crippen molar-refractivity contribution < 1.29 is 9.53 Å². The van der Waals surface area contributed by atoms with Crippen LogP contribution in [0.2, 0.25) is 0 Å². The maximum atomic E-state index is 12.5. The number of hydrogen-bond acceptors (Lipinski definition) is 6. The molecule has 1 aliphatic heterocycles. The molecule has 2 N–H and O–H groups in total. The lowest BCUT2D eigenvalue weighted by Gasteiger charge is -2.28. The van der Waals surface area contributed by atoms with E-state index in [9.17, 15) is 4.79 Å². The number of aryl methyl sites for hydroxylation is 2. The van der Waals surface area contributed by atoms with Gasteiger partial charge in [0.15, 0.2) is 5.82 Å². The molecule has 154 valence electrons. The zero-order valence-corrected chi connectivity index (χ0v) is 17.2. The number of hydrogen-bond donors (Lipinski definition) is 2. The van der Waals surface area contributed by atoms with Crippen molar-refractivity contribution in [2.75, 3.05) is 41.8 Å². The third-order valence-corrected chi connectivity index (χ3v) is 5.20. The molecule has 0 spiro atoms. The predicted molar refractivity (Wildman–Crippen MR) is 119 cm³/mol. The maximum absolute atomic E-state index is 12.5. The molecule has 1 saturated heterocycles. The Morgan fingerprint density at radius 1 is 0.967 bits per heavy atom. The first-order chi connectivity index (χ1) is 14.6. The summed E-state index contributed by atoms with van der Waals surface area (Å²) in [6.45, 7) is 7.17. The number of benzene rings is 2. The highest BCUT2D eigenvalue weighted by molar-refractivity contribution is 6.04. The summed E-state index contributed by atoms with van der Waals surface area (Å²) < 4.78 is 5.40. The molecule has 3 aromatic rings. The molecule has 1 amide bonds. The van der Waals surface area contributed by atoms with Gasteiger partial charge in [-0.25, -0.2) is 0 Å². The number of amides is 1. The summed E-state index contributed by atoms with van der Waals surface area (Å²) in [5, 5.41) is 14.5. The standard InChI is InChI=1S/C23H25N5O2/c1-16-3-4-18(13-17(16)2)23(29)26-20-7-5-19(6-8-20)25-22-14-21(15-24-27-22)28-9-11-30-12-10-28/h3-8,13-15H,9-12H2,1-2H3,(H,25,27)(H,26,29). The van der Waals surface area contributed by atoms with Crippen molar-refractivity contribution in [1.29, 1.82) is 0 Å². The van der Waals surface area contributed by atoms with E-state index in [1.165, 1.54) is 5.56 Å². The quantitative estimate of drug-likeness (QED) is 0.672. The SMILES string of the molecule is Cc1ccc(C(=O)Nc2ccc(Nc3cc(N4CCOCC4)cnn3)cc2)cc1C. The van der Waals surface area contributed by atoms with Gasteiger partial charge in [0, 0.05) is 36.1 Å². The van der Waals surface area contributed by atoms with Gasteiger partial charge >= 0.3 is 0 Å². The summed E-state index contributed by atoms with van der Waals surface area (Å²) in [6, 6.07) is 15.2. The lowest BCUT2D eigenvalue weighted by molar-refractivity contribution is 0.102. The highest BCUT2D eigenvalue weighted by atomic mass is 16.5. The van der Waals surface area contributed by atoms with Crippen LogP contribution in [0.3, 0.4) is 0 Å². The molecular formula is C23H25N5O2. The van der Waals surface area contributed by atoms with E-state index in [0.29, 0.717) is 11.4 Å². The van der Waals surface area contributed by atoms with E-state index in [1.54, 1.807) is 6.20 Å². The van der Waals surface area contributed by atoms with Gasteiger partial charge in [-0.2, -0.15) is 5.10 Å². The van der Waals surface area contributed by atoms with Crippen LogP contribution < -0.4 is 15.5 Å². The number of carbonyl (C=O) groups is 1. The van der Waals surface area contributed by atoms with E-state index in [0.717, 1.165) is 48.9 Å². The number of rotatable bonds is 5. The van der Waals surface area contributed by atoms with Crippen LogP contribution in [0.15, 0.2) is 54.7 Å². The summed E-state index contributed by atoms with van der Waals surface area (Å²) in [7, 11) is 0. The zero-order chi connectivity index (χ0) is 20.9. The average Bonchev–Trinajstić information content (AvgIpc) is 2.78. The molecule has 2 aromatic carbocycles. The van der Waals surface area contributed by atoms with Crippen LogP contribution in [0.1, 0.15) is 21.5 Å². The molecule has 30 heavy (non-hydrogen) atoms. The molecule has 0 aliphatic carbocycles. The molecule has 4 rings (SSSR count).